The van der Waals surface area contributed by atoms with Crippen LogP contribution >= 0.6 is 11.8 Å². The molecule has 1 aliphatic heterocycles. The lowest BCUT2D eigenvalue weighted by Gasteiger charge is -2.33. The monoisotopic (exact) mass is 281 g/mol. The number of hydrogen-bond acceptors (Lipinski definition) is 5. The Bertz CT molecular complexity index is 436. The third kappa shape index (κ3) is 3.49. The van der Waals surface area contributed by atoms with Gasteiger partial charge in [-0.25, -0.2) is 0 Å². The molecule has 0 aliphatic carbocycles. The van der Waals surface area contributed by atoms with Crippen LogP contribution in [0, 0.1) is 5.41 Å². The predicted molar refractivity (Wildman–Crippen MR) is 80.5 cm³/mol. The molecule has 0 saturated carbocycles. The van der Waals surface area contributed by atoms with Gasteiger partial charge in [0, 0.05) is 32.3 Å². The Labute approximate surface area is 119 Å². The van der Waals surface area contributed by atoms with Crippen molar-refractivity contribution < 1.29 is 0 Å². The number of amidine groups is 1. The lowest BCUT2D eigenvalue weighted by molar-refractivity contribution is 0.318. The third-order valence-electron chi connectivity index (χ3n) is 4.00. The van der Waals surface area contributed by atoms with Crippen LogP contribution in [0.1, 0.15) is 32.5 Å². The molecule has 0 saturated heterocycles. The molecule has 0 fully saturated rings. The number of aliphatic imine (C=N–C) groups is 1. The van der Waals surface area contributed by atoms with E-state index >= 15 is 0 Å². The minimum absolute atomic E-state index is 0.416. The van der Waals surface area contributed by atoms with E-state index in [4.69, 9.17) is 4.99 Å². The Morgan fingerprint density at radius 3 is 2.74 bits per heavy atom. The van der Waals surface area contributed by atoms with Gasteiger partial charge < -0.3 is 9.88 Å². The summed E-state index contributed by atoms with van der Waals surface area (Å²) in [5, 5.41) is 12.4. The number of hydrogen-bond donors (Lipinski definition) is 1. The van der Waals surface area contributed by atoms with E-state index in [9.17, 15) is 0 Å². The number of nitrogens with one attached hydrogen (secondary N) is 1. The van der Waals surface area contributed by atoms with Gasteiger partial charge in [-0.15, -0.1) is 10.2 Å². The maximum Gasteiger partial charge on any atom is 0.156 e. The van der Waals surface area contributed by atoms with Gasteiger partial charge in [-0.1, -0.05) is 25.6 Å². The van der Waals surface area contributed by atoms with Gasteiger partial charge in [0.2, 0.25) is 0 Å². The summed E-state index contributed by atoms with van der Waals surface area (Å²) < 4.78 is 1.96. The lowest BCUT2D eigenvalue weighted by Crippen LogP contribution is -2.35. The standard InChI is InChI=1S/C13H23N5S/c1-4-13(5-2)8-15-12(19-9-13)14-7-6-11-17-16-10-18(11)3/h10H,4-9H2,1-3H3,(H,14,15). The van der Waals surface area contributed by atoms with Crippen LogP contribution in [0.5, 0.6) is 0 Å². The molecular formula is C13H23N5S. The molecule has 0 atom stereocenters. The molecule has 1 aromatic rings. The van der Waals surface area contributed by atoms with Crippen molar-refractivity contribution in [1.29, 1.82) is 0 Å². The molecular weight excluding hydrogens is 258 g/mol. The Balaban J connectivity index is 1.79. The SMILES string of the molecule is CCC1(CC)CN=C(NCCc2nncn2C)SC1. The van der Waals surface area contributed by atoms with Gasteiger partial charge in [-0.2, -0.15) is 0 Å². The highest BCUT2D eigenvalue weighted by molar-refractivity contribution is 8.13. The number of thioether (sulfide) groups is 1. The minimum Gasteiger partial charge on any atom is -0.364 e. The zero-order chi connectivity index (χ0) is 13.7. The van der Waals surface area contributed by atoms with Crippen LogP contribution in [0.25, 0.3) is 0 Å². The zero-order valence-electron chi connectivity index (χ0n) is 12.0. The maximum absolute atomic E-state index is 4.69. The highest BCUT2D eigenvalue weighted by Gasteiger charge is 2.29. The van der Waals surface area contributed by atoms with Crippen molar-refractivity contribution in [1.82, 2.24) is 20.1 Å². The summed E-state index contributed by atoms with van der Waals surface area (Å²) in [6, 6.07) is 0. The Kier molecular flexibility index (Phi) is 4.85. The van der Waals surface area contributed by atoms with Gasteiger partial charge >= 0.3 is 0 Å². The molecule has 19 heavy (non-hydrogen) atoms. The Hall–Kier alpha value is -1.04. The van der Waals surface area contributed by atoms with E-state index in [1.807, 2.05) is 23.4 Å². The minimum atomic E-state index is 0.416. The number of aryl methyl sites for hydroxylation is 1. The average Bonchev–Trinajstić information content (AvgIpc) is 2.86. The summed E-state index contributed by atoms with van der Waals surface area (Å²) in [7, 11) is 1.97. The number of rotatable bonds is 5. The molecule has 1 N–H and O–H groups in total. The van der Waals surface area contributed by atoms with E-state index in [0.29, 0.717) is 5.41 Å². The van der Waals surface area contributed by atoms with Crippen LogP contribution in [-0.2, 0) is 13.5 Å². The van der Waals surface area contributed by atoms with Crippen molar-refractivity contribution in [2.24, 2.45) is 17.5 Å². The molecule has 106 valence electrons. The summed E-state index contributed by atoms with van der Waals surface area (Å²) >= 11 is 1.86. The highest BCUT2D eigenvalue weighted by atomic mass is 32.2. The van der Waals surface area contributed by atoms with Crippen LogP contribution < -0.4 is 5.32 Å². The van der Waals surface area contributed by atoms with Crippen molar-refractivity contribution in [2.45, 2.75) is 33.1 Å². The molecule has 6 heteroatoms. The lowest BCUT2D eigenvalue weighted by atomic mass is 9.84. The van der Waals surface area contributed by atoms with Crippen LogP contribution in [0.15, 0.2) is 11.3 Å². The second kappa shape index (κ2) is 6.41. The fourth-order valence-electron chi connectivity index (χ4n) is 2.15. The number of aromatic nitrogens is 3. The normalized spacial score (nSPS) is 18.2. The van der Waals surface area contributed by atoms with Crippen molar-refractivity contribution in [3.8, 4) is 0 Å². The average molecular weight is 281 g/mol. The fraction of sp³-hybridized carbons (Fsp3) is 0.769. The smallest absolute Gasteiger partial charge is 0.156 e. The molecule has 0 bridgehead atoms. The second-order valence-corrected chi connectivity index (χ2v) is 6.12. The van der Waals surface area contributed by atoms with Gasteiger partial charge in [0.1, 0.15) is 12.2 Å². The van der Waals surface area contributed by atoms with E-state index in [1.165, 1.54) is 18.6 Å². The molecule has 1 aliphatic rings. The van der Waals surface area contributed by atoms with E-state index in [1.54, 1.807) is 6.33 Å². The zero-order valence-corrected chi connectivity index (χ0v) is 12.8. The largest absolute Gasteiger partial charge is 0.364 e. The van der Waals surface area contributed by atoms with Crippen molar-refractivity contribution >= 4 is 16.9 Å². The van der Waals surface area contributed by atoms with Gasteiger partial charge in [0.25, 0.3) is 0 Å². The summed E-state index contributed by atoms with van der Waals surface area (Å²) in [6.45, 7) is 6.36. The van der Waals surface area contributed by atoms with Crippen molar-refractivity contribution in [3.05, 3.63) is 12.2 Å². The summed E-state index contributed by atoms with van der Waals surface area (Å²) in [6.07, 6.45) is 5.04. The van der Waals surface area contributed by atoms with E-state index in [2.05, 4.69) is 29.4 Å². The van der Waals surface area contributed by atoms with E-state index < -0.39 is 0 Å². The molecule has 2 heterocycles. The first-order chi connectivity index (χ1) is 9.19. The van der Waals surface area contributed by atoms with E-state index in [-0.39, 0.29) is 0 Å². The van der Waals surface area contributed by atoms with Crippen LogP contribution in [0.2, 0.25) is 0 Å². The Morgan fingerprint density at radius 2 is 2.21 bits per heavy atom. The molecule has 2 rings (SSSR count). The quantitative estimate of drug-likeness (QED) is 0.895. The highest BCUT2D eigenvalue weighted by Crippen LogP contribution is 2.34. The summed E-state index contributed by atoms with van der Waals surface area (Å²) in [4.78, 5) is 4.69. The van der Waals surface area contributed by atoms with Crippen LogP contribution in [0.3, 0.4) is 0 Å². The first-order valence-electron chi connectivity index (χ1n) is 6.93. The van der Waals surface area contributed by atoms with Gasteiger partial charge in [-0.3, -0.25) is 4.99 Å². The maximum atomic E-state index is 4.69. The van der Waals surface area contributed by atoms with Gasteiger partial charge in [0.05, 0.1) is 0 Å². The van der Waals surface area contributed by atoms with E-state index in [0.717, 1.165) is 30.5 Å². The van der Waals surface area contributed by atoms with Gasteiger partial charge in [-0.05, 0) is 18.3 Å². The number of nitrogens with zero attached hydrogens (tertiary/aromatic N) is 4. The summed E-state index contributed by atoms with van der Waals surface area (Å²) in [5.74, 6) is 2.18. The van der Waals surface area contributed by atoms with Crippen molar-refractivity contribution in [2.75, 3.05) is 18.8 Å². The van der Waals surface area contributed by atoms with Crippen LogP contribution in [0.4, 0.5) is 0 Å². The fourth-order valence-corrected chi connectivity index (χ4v) is 3.45. The topological polar surface area (TPSA) is 55.1 Å². The predicted octanol–water partition coefficient (Wildman–Crippen LogP) is 1.86. The summed E-state index contributed by atoms with van der Waals surface area (Å²) in [5.41, 5.74) is 0.416. The second-order valence-electron chi connectivity index (χ2n) is 5.15. The molecule has 1 aromatic heterocycles. The van der Waals surface area contributed by atoms with Crippen molar-refractivity contribution in [3.63, 3.8) is 0 Å². The Morgan fingerprint density at radius 1 is 1.42 bits per heavy atom. The molecule has 0 aromatic carbocycles. The molecule has 0 spiro atoms. The van der Waals surface area contributed by atoms with Crippen LogP contribution in [-0.4, -0.2) is 38.8 Å². The van der Waals surface area contributed by atoms with Gasteiger partial charge in [0.15, 0.2) is 5.17 Å². The first kappa shape index (κ1) is 14.4. The molecule has 0 unspecified atom stereocenters. The third-order valence-corrected chi connectivity index (χ3v) is 5.31. The molecule has 0 radical (unpaired) electrons. The molecule has 5 nitrogen and oxygen atoms in total. The molecule has 0 amide bonds. The first-order valence-corrected chi connectivity index (χ1v) is 7.91.